The second-order valence-electron chi connectivity index (χ2n) is 6.96. The van der Waals surface area contributed by atoms with Gasteiger partial charge in [0.15, 0.2) is 0 Å². The number of carbonyl (C=O) groups is 2. The molecule has 4 rings (SSSR count). The number of aromatic nitrogens is 2. The number of amides is 1. The highest BCUT2D eigenvalue weighted by molar-refractivity contribution is 6.05. The van der Waals surface area contributed by atoms with E-state index in [1.807, 2.05) is 38.1 Å². The van der Waals surface area contributed by atoms with Crippen LogP contribution in [0, 0.1) is 0 Å². The Morgan fingerprint density at radius 3 is 2.57 bits per heavy atom. The number of nitrogens with one attached hydrogen (secondary N) is 1. The van der Waals surface area contributed by atoms with Gasteiger partial charge in [-0.2, -0.15) is 0 Å². The second-order valence-corrected chi connectivity index (χ2v) is 6.96. The van der Waals surface area contributed by atoms with Crippen molar-refractivity contribution >= 4 is 17.7 Å². The predicted octanol–water partition coefficient (Wildman–Crippen LogP) is 3.71. The molecule has 1 aromatic carbocycles. The van der Waals surface area contributed by atoms with Crippen LogP contribution in [-0.2, 0) is 10.2 Å². The largest absolute Gasteiger partial charge is 0.422 e. The molecule has 1 aliphatic heterocycles. The Bertz CT molecular complexity index is 1030. The van der Waals surface area contributed by atoms with Crippen LogP contribution in [0.5, 0.6) is 5.75 Å². The Morgan fingerprint density at radius 1 is 1.07 bits per heavy atom. The average molecular weight is 373 g/mol. The summed E-state index contributed by atoms with van der Waals surface area (Å²) in [6.07, 6.45) is 3.28. The van der Waals surface area contributed by atoms with E-state index < -0.39 is 11.4 Å². The number of carbonyl (C=O) groups excluding carboxylic acids is 2. The molecule has 3 heterocycles. The molecule has 2 aromatic heterocycles. The Hall–Kier alpha value is -3.54. The second kappa shape index (κ2) is 6.88. The van der Waals surface area contributed by atoms with Crippen LogP contribution in [0.2, 0.25) is 0 Å². The molecule has 0 fully saturated rings. The molecule has 28 heavy (non-hydrogen) atoms. The fourth-order valence-corrected chi connectivity index (χ4v) is 3.48. The van der Waals surface area contributed by atoms with E-state index in [1.54, 1.807) is 42.7 Å². The smallest absolute Gasteiger partial charge is 0.362 e. The van der Waals surface area contributed by atoms with Crippen molar-refractivity contribution in [2.24, 2.45) is 0 Å². The minimum atomic E-state index is -0.767. The molecule has 1 N–H and O–H groups in total. The van der Waals surface area contributed by atoms with Crippen LogP contribution in [0.15, 0.2) is 67.0 Å². The molecule has 3 aromatic rings. The zero-order valence-electron chi connectivity index (χ0n) is 15.5. The molecule has 140 valence electrons. The molecule has 1 aliphatic rings. The lowest BCUT2D eigenvalue weighted by atomic mass is 9.71. The SMILES string of the molecule is CC(c1ccc(C(=O)Oc2ccccc2)nc1)[C@@]1(C)C(=O)Nc2ncccc21. The van der Waals surface area contributed by atoms with E-state index in [2.05, 4.69) is 15.3 Å². The minimum absolute atomic E-state index is 0.0961. The van der Waals surface area contributed by atoms with Crippen molar-refractivity contribution in [1.29, 1.82) is 0 Å². The number of hydrogen-bond acceptors (Lipinski definition) is 5. The van der Waals surface area contributed by atoms with E-state index >= 15 is 0 Å². The van der Waals surface area contributed by atoms with Gasteiger partial charge in [0.1, 0.15) is 17.3 Å². The van der Waals surface area contributed by atoms with Crippen molar-refractivity contribution in [3.8, 4) is 5.75 Å². The van der Waals surface area contributed by atoms with Crippen molar-refractivity contribution in [1.82, 2.24) is 9.97 Å². The first-order valence-electron chi connectivity index (χ1n) is 9.00. The van der Waals surface area contributed by atoms with Crippen LogP contribution in [0.3, 0.4) is 0 Å². The summed E-state index contributed by atoms with van der Waals surface area (Å²) >= 11 is 0. The molecular weight excluding hydrogens is 354 g/mol. The molecule has 1 amide bonds. The number of fused-ring (bicyclic) bond motifs is 1. The summed E-state index contributed by atoms with van der Waals surface area (Å²) in [5.41, 5.74) is 1.16. The van der Waals surface area contributed by atoms with Crippen molar-refractivity contribution < 1.29 is 14.3 Å². The quantitative estimate of drug-likeness (QED) is 0.557. The van der Waals surface area contributed by atoms with E-state index in [0.29, 0.717) is 11.6 Å². The lowest BCUT2D eigenvalue weighted by molar-refractivity contribution is -0.120. The van der Waals surface area contributed by atoms with Crippen LogP contribution >= 0.6 is 0 Å². The molecule has 1 unspecified atom stereocenters. The van der Waals surface area contributed by atoms with Crippen LogP contribution < -0.4 is 10.1 Å². The van der Waals surface area contributed by atoms with Gasteiger partial charge in [0.2, 0.25) is 5.91 Å². The summed E-state index contributed by atoms with van der Waals surface area (Å²) in [6, 6.07) is 16.0. The van der Waals surface area contributed by atoms with Gasteiger partial charge in [-0.1, -0.05) is 37.3 Å². The zero-order valence-corrected chi connectivity index (χ0v) is 15.5. The lowest BCUT2D eigenvalue weighted by Gasteiger charge is -2.29. The molecule has 0 saturated carbocycles. The number of rotatable bonds is 4. The van der Waals surface area contributed by atoms with Crippen LogP contribution in [-0.4, -0.2) is 21.8 Å². The summed E-state index contributed by atoms with van der Waals surface area (Å²) < 4.78 is 5.31. The highest BCUT2D eigenvalue weighted by Crippen LogP contribution is 2.45. The highest BCUT2D eigenvalue weighted by atomic mass is 16.5. The van der Waals surface area contributed by atoms with Crippen molar-refractivity contribution in [3.63, 3.8) is 0 Å². The van der Waals surface area contributed by atoms with Gasteiger partial charge in [-0.15, -0.1) is 0 Å². The number of anilines is 1. The van der Waals surface area contributed by atoms with E-state index in [4.69, 9.17) is 4.74 Å². The standard InChI is InChI=1S/C22H19N3O3/c1-14(22(2)17-9-6-12-23-19(17)25-21(22)27)15-10-11-18(24-13-15)20(26)28-16-7-4-3-5-8-16/h3-14H,1-2H3,(H,23,25,27)/t14?,22-/m1/s1. The Balaban J connectivity index is 1.57. The maximum absolute atomic E-state index is 12.7. The number of para-hydroxylation sites is 1. The van der Waals surface area contributed by atoms with Gasteiger partial charge in [0, 0.05) is 23.9 Å². The molecule has 2 atom stereocenters. The predicted molar refractivity (Wildman–Crippen MR) is 104 cm³/mol. The Labute approximate surface area is 162 Å². The summed E-state index contributed by atoms with van der Waals surface area (Å²) in [4.78, 5) is 33.5. The summed E-state index contributed by atoms with van der Waals surface area (Å²) in [5.74, 6) is 0.277. The number of hydrogen-bond donors (Lipinski definition) is 1. The summed E-state index contributed by atoms with van der Waals surface area (Å²) in [5, 5.41) is 2.85. The molecule has 6 heteroatoms. The molecule has 0 spiro atoms. The van der Waals surface area contributed by atoms with E-state index in [1.165, 1.54) is 0 Å². The average Bonchev–Trinajstić information content (AvgIpc) is 2.99. The molecule has 0 saturated heterocycles. The zero-order chi connectivity index (χ0) is 19.7. The fourth-order valence-electron chi connectivity index (χ4n) is 3.48. The fraction of sp³-hybridized carbons (Fsp3) is 0.182. The molecular formula is C22H19N3O3. The lowest BCUT2D eigenvalue weighted by Crippen LogP contribution is -2.36. The van der Waals surface area contributed by atoms with Gasteiger partial charge in [-0.3, -0.25) is 4.79 Å². The van der Waals surface area contributed by atoms with E-state index in [9.17, 15) is 9.59 Å². The number of ether oxygens (including phenoxy) is 1. The minimum Gasteiger partial charge on any atom is -0.422 e. The van der Waals surface area contributed by atoms with Crippen LogP contribution in [0.25, 0.3) is 0 Å². The molecule has 0 aliphatic carbocycles. The Kier molecular flexibility index (Phi) is 4.39. The number of pyridine rings is 2. The number of benzene rings is 1. The van der Waals surface area contributed by atoms with E-state index in [0.717, 1.165) is 11.1 Å². The van der Waals surface area contributed by atoms with E-state index in [-0.39, 0.29) is 17.5 Å². The molecule has 0 bridgehead atoms. The van der Waals surface area contributed by atoms with Gasteiger partial charge in [0.05, 0.1) is 5.41 Å². The maximum atomic E-state index is 12.7. The highest BCUT2D eigenvalue weighted by Gasteiger charge is 2.47. The monoisotopic (exact) mass is 373 g/mol. The normalized spacial score (nSPS) is 18.9. The number of nitrogens with zero attached hydrogens (tertiary/aromatic N) is 2. The maximum Gasteiger partial charge on any atom is 0.362 e. The first-order valence-corrected chi connectivity index (χ1v) is 9.00. The van der Waals surface area contributed by atoms with Gasteiger partial charge in [-0.05, 0) is 36.8 Å². The third-order valence-electron chi connectivity index (χ3n) is 5.39. The first kappa shape index (κ1) is 17.9. The van der Waals surface area contributed by atoms with Crippen LogP contribution in [0.1, 0.15) is 41.4 Å². The molecule has 6 nitrogen and oxygen atoms in total. The molecule has 0 radical (unpaired) electrons. The van der Waals surface area contributed by atoms with Crippen LogP contribution in [0.4, 0.5) is 5.82 Å². The summed E-state index contributed by atoms with van der Waals surface area (Å²) in [7, 11) is 0. The van der Waals surface area contributed by atoms with Crippen molar-refractivity contribution in [3.05, 3.63) is 83.8 Å². The first-order chi connectivity index (χ1) is 13.5. The van der Waals surface area contributed by atoms with Crippen molar-refractivity contribution in [2.75, 3.05) is 5.32 Å². The third kappa shape index (κ3) is 2.93. The number of esters is 1. The van der Waals surface area contributed by atoms with Gasteiger partial charge < -0.3 is 10.1 Å². The van der Waals surface area contributed by atoms with Gasteiger partial charge in [0.25, 0.3) is 0 Å². The van der Waals surface area contributed by atoms with Gasteiger partial charge in [-0.25, -0.2) is 14.8 Å². The topological polar surface area (TPSA) is 81.2 Å². The van der Waals surface area contributed by atoms with Gasteiger partial charge >= 0.3 is 5.97 Å². The van der Waals surface area contributed by atoms with Crippen molar-refractivity contribution in [2.45, 2.75) is 25.2 Å². The Morgan fingerprint density at radius 2 is 1.86 bits per heavy atom. The summed E-state index contributed by atoms with van der Waals surface area (Å²) in [6.45, 7) is 3.87. The third-order valence-corrected chi connectivity index (χ3v) is 5.39.